The number of quaternary nitrogens is 1. The molecule has 21 heavy (non-hydrogen) atoms. The van der Waals surface area contributed by atoms with Crippen molar-refractivity contribution in [2.45, 2.75) is 111 Å². The van der Waals surface area contributed by atoms with E-state index in [9.17, 15) is 0 Å². The molecule has 0 saturated heterocycles. The molecule has 1 heteroatoms. The van der Waals surface area contributed by atoms with Crippen LogP contribution in [0.4, 0.5) is 0 Å². The molecule has 0 heterocycles. The average Bonchev–Trinajstić information content (AvgIpc) is 2.51. The predicted molar refractivity (Wildman–Crippen MR) is 97.2 cm³/mol. The van der Waals surface area contributed by atoms with Gasteiger partial charge in [0.05, 0.1) is 19.6 Å². The molecule has 0 fully saturated rings. The van der Waals surface area contributed by atoms with Crippen LogP contribution in [-0.2, 0) is 0 Å². The fraction of sp³-hybridized carbons (Fsp3) is 1.00. The first-order valence-electron chi connectivity index (χ1n) is 10.2. The summed E-state index contributed by atoms with van der Waals surface area (Å²) in [5.74, 6) is 0. The summed E-state index contributed by atoms with van der Waals surface area (Å²) in [4.78, 5) is 1.77. The van der Waals surface area contributed by atoms with Crippen molar-refractivity contribution in [3.8, 4) is 0 Å². The number of rotatable bonds is 17. The van der Waals surface area contributed by atoms with E-state index in [4.69, 9.17) is 0 Å². The van der Waals surface area contributed by atoms with E-state index >= 15 is 0 Å². The topological polar surface area (TPSA) is 4.44 Å². The van der Waals surface area contributed by atoms with Crippen molar-refractivity contribution < 1.29 is 4.90 Å². The lowest BCUT2D eigenvalue weighted by molar-refractivity contribution is -0.896. The minimum absolute atomic E-state index is 1.30. The molecule has 128 valence electrons. The molecule has 0 amide bonds. The summed E-state index contributed by atoms with van der Waals surface area (Å²) in [6, 6.07) is 0. The fourth-order valence-corrected chi connectivity index (χ4v) is 3.17. The van der Waals surface area contributed by atoms with Crippen molar-refractivity contribution in [2.24, 2.45) is 0 Å². The summed E-state index contributed by atoms with van der Waals surface area (Å²) in [7, 11) is 0. The lowest BCUT2D eigenvalue weighted by atomic mass is 10.0. The third-order valence-electron chi connectivity index (χ3n) is 4.88. The van der Waals surface area contributed by atoms with Crippen LogP contribution in [0.1, 0.15) is 111 Å². The molecule has 0 aliphatic heterocycles. The molecule has 0 aromatic heterocycles. The maximum Gasteiger partial charge on any atom is 0.0770 e. The lowest BCUT2D eigenvalue weighted by Gasteiger charge is -2.14. The molecule has 0 rings (SSSR count). The molecule has 0 radical (unpaired) electrons. The zero-order valence-electron chi connectivity index (χ0n) is 15.5. The Morgan fingerprint density at radius 3 is 1.10 bits per heavy atom. The standard InChI is InChI=1S/C20H43N/c1-4-7-8-9-10-11-12-13-14-15-16-17-18-19-20-21(5-2)6-3/h4-20H2,1-3H3/p+1. The zero-order chi connectivity index (χ0) is 15.6. The van der Waals surface area contributed by atoms with Gasteiger partial charge in [0, 0.05) is 0 Å². The molecule has 0 atom stereocenters. The summed E-state index contributed by atoms with van der Waals surface area (Å²) >= 11 is 0. The second-order valence-corrected chi connectivity index (χ2v) is 6.80. The largest absolute Gasteiger partial charge is 0.335 e. The van der Waals surface area contributed by atoms with Crippen LogP contribution in [-0.4, -0.2) is 19.6 Å². The van der Waals surface area contributed by atoms with E-state index < -0.39 is 0 Å². The Morgan fingerprint density at radius 2 is 0.762 bits per heavy atom. The highest BCUT2D eigenvalue weighted by molar-refractivity contribution is 4.49. The summed E-state index contributed by atoms with van der Waals surface area (Å²) < 4.78 is 0. The van der Waals surface area contributed by atoms with Crippen molar-refractivity contribution in [3.05, 3.63) is 0 Å². The Hall–Kier alpha value is -0.0400. The summed E-state index contributed by atoms with van der Waals surface area (Å²) in [5, 5.41) is 0. The smallest absolute Gasteiger partial charge is 0.0770 e. The highest BCUT2D eigenvalue weighted by Crippen LogP contribution is 2.12. The molecule has 0 spiro atoms. The molecule has 0 aliphatic rings. The summed E-state index contributed by atoms with van der Waals surface area (Å²) in [6.07, 6.45) is 20.5. The van der Waals surface area contributed by atoms with Crippen LogP contribution in [0.5, 0.6) is 0 Å². The van der Waals surface area contributed by atoms with Crippen molar-refractivity contribution in [3.63, 3.8) is 0 Å². The second-order valence-electron chi connectivity index (χ2n) is 6.80. The first-order valence-corrected chi connectivity index (χ1v) is 10.2. The monoisotopic (exact) mass is 298 g/mol. The van der Waals surface area contributed by atoms with E-state index in [1.807, 2.05) is 0 Å². The maximum absolute atomic E-state index is 2.31. The maximum atomic E-state index is 2.31. The van der Waals surface area contributed by atoms with E-state index in [2.05, 4.69) is 20.8 Å². The molecule has 0 unspecified atom stereocenters. The van der Waals surface area contributed by atoms with E-state index in [0.717, 1.165) is 0 Å². The number of hydrogen-bond acceptors (Lipinski definition) is 0. The van der Waals surface area contributed by atoms with Gasteiger partial charge in [-0.15, -0.1) is 0 Å². The molecular weight excluding hydrogens is 254 g/mol. The quantitative estimate of drug-likeness (QED) is 0.343. The molecule has 0 aliphatic carbocycles. The number of hydrogen-bond donors (Lipinski definition) is 1. The van der Waals surface area contributed by atoms with Crippen molar-refractivity contribution in [1.82, 2.24) is 0 Å². The van der Waals surface area contributed by atoms with E-state index in [0.29, 0.717) is 0 Å². The minimum atomic E-state index is 1.30. The first-order chi connectivity index (χ1) is 10.3. The SMILES string of the molecule is CCCCCCCCCCCCCCCC[NH+](CC)CC. The summed E-state index contributed by atoms with van der Waals surface area (Å²) in [6.45, 7) is 10.9. The van der Waals surface area contributed by atoms with Gasteiger partial charge in [0.1, 0.15) is 0 Å². The Labute approximate surface area is 135 Å². The van der Waals surface area contributed by atoms with E-state index in [1.54, 1.807) is 4.90 Å². The van der Waals surface area contributed by atoms with Gasteiger partial charge in [0.2, 0.25) is 0 Å². The Bertz CT molecular complexity index is 175. The van der Waals surface area contributed by atoms with Gasteiger partial charge in [0.25, 0.3) is 0 Å². The van der Waals surface area contributed by atoms with Gasteiger partial charge in [-0.1, -0.05) is 84.0 Å². The second kappa shape index (κ2) is 18.0. The van der Waals surface area contributed by atoms with Gasteiger partial charge >= 0.3 is 0 Å². The number of unbranched alkanes of at least 4 members (excludes halogenated alkanes) is 13. The Balaban J connectivity index is 3.02. The average molecular weight is 299 g/mol. The fourth-order valence-electron chi connectivity index (χ4n) is 3.17. The van der Waals surface area contributed by atoms with Crippen LogP contribution >= 0.6 is 0 Å². The molecular formula is C20H44N+. The third kappa shape index (κ3) is 16.2. The molecule has 0 aromatic carbocycles. The van der Waals surface area contributed by atoms with Gasteiger partial charge < -0.3 is 4.90 Å². The highest BCUT2D eigenvalue weighted by Gasteiger charge is 2.01. The van der Waals surface area contributed by atoms with Gasteiger partial charge in [-0.05, 0) is 26.7 Å². The highest BCUT2D eigenvalue weighted by atomic mass is 15.1. The van der Waals surface area contributed by atoms with Gasteiger partial charge in [-0.25, -0.2) is 0 Å². The lowest BCUT2D eigenvalue weighted by Crippen LogP contribution is -3.11. The van der Waals surface area contributed by atoms with Crippen molar-refractivity contribution >= 4 is 0 Å². The van der Waals surface area contributed by atoms with Crippen LogP contribution in [0.15, 0.2) is 0 Å². The van der Waals surface area contributed by atoms with Crippen LogP contribution in [0, 0.1) is 0 Å². The third-order valence-corrected chi connectivity index (χ3v) is 4.88. The van der Waals surface area contributed by atoms with Crippen molar-refractivity contribution in [2.75, 3.05) is 19.6 Å². The van der Waals surface area contributed by atoms with E-state index in [-0.39, 0.29) is 0 Å². The molecule has 0 aromatic rings. The van der Waals surface area contributed by atoms with Crippen molar-refractivity contribution in [1.29, 1.82) is 0 Å². The van der Waals surface area contributed by atoms with E-state index in [1.165, 1.54) is 110 Å². The molecule has 1 nitrogen and oxygen atoms in total. The van der Waals surface area contributed by atoms with Gasteiger partial charge in [-0.2, -0.15) is 0 Å². The summed E-state index contributed by atoms with van der Waals surface area (Å²) in [5.41, 5.74) is 0. The molecule has 0 bridgehead atoms. The normalized spacial score (nSPS) is 11.4. The van der Waals surface area contributed by atoms with Crippen LogP contribution in [0.2, 0.25) is 0 Å². The van der Waals surface area contributed by atoms with Crippen LogP contribution in [0.25, 0.3) is 0 Å². The molecule has 1 N–H and O–H groups in total. The minimum Gasteiger partial charge on any atom is -0.335 e. The Morgan fingerprint density at radius 1 is 0.429 bits per heavy atom. The zero-order valence-corrected chi connectivity index (χ0v) is 15.5. The first kappa shape index (κ1) is 21.0. The van der Waals surface area contributed by atoms with Gasteiger partial charge in [-0.3, -0.25) is 0 Å². The molecule has 0 saturated carbocycles. The Kier molecular flexibility index (Phi) is 18.0. The number of nitrogens with one attached hydrogen (secondary N) is 1. The van der Waals surface area contributed by atoms with Crippen LogP contribution < -0.4 is 4.90 Å². The van der Waals surface area contributed by atoms with Crippen LogP contribution in [0.3, 0.4) is 0 Å². The predicted octanol–water partition coefficient (Wildman–Crippen LogP) is 5.39. The van der Waals surface area contributed by atoms with Gasteiger partial charge in [0.15, 0.2) is 0 Å².